The highest BCUT2D eigenvalue weighted by Crippen LogP contribution is 2.33. The number of methoxy groups -OCH3 is 1. The van der Waals surface area contributed by atoms with Gasteiger partial charge in [-0.15, -0.1) is 0 Å². The number of anilines is 1. The van der Waals surface area contributed by atoms with E-state index in [1.165, 1.54) is 24.1 Å². The minimum absolute atomic E-state index is 0.0525. The van der Waals surface area contributed by atoms with E-state index in [0.717, 1.165) is 47.9 Å². The Morgan fingerprint density at radius 1 is 1.16 bits per heavy atom. The van der Waals surface area contributed by atoms with Gasteiger partial charge in [-0.2, -0.15) is 0 Å². The molecule has 1 N–H and O–H groups in total. The number of amides is 2. The van der Waals surface area contributed by atoms with E-state index in [9.17, 15) is 28.1 Å². The molecule has 12 heteroatoms. The quantitative estimate of drug-likeness (QED) is 0.319. The van der Waals surface area contributed by atoms with Crippen molar-refractivity contribution in [1.82, 2.24) is 10.2 Å². The number of sulfonamides is 1. The molecule has 1 fully saturated rings. The van der Waals surface area contributed by atoms with E-state index in [1.807, 2.05) is 30.3 Å². The zero-order chi connectivity index (χ0) is 27.9. The number of nitro benzene ring substituents is 1. The third-order valence-electron chi connectivity index (χ3n) is 6.67. The van der Waals surface area contributed by atoms with Gasteiger partial charge >= 0.3 is 0 Å². The number of hydrogen-bond acceptors (Lipinski definition) is 7. The molecule has 0 unspecified atom stereocenters. The van der Waals surface area contributed by atoms with E-state index in [1.54, 1.807) is 6.92 Å². The first-order chi connectivity index (χ1) is 18.0. The van der Waals surface area contributed by atoms with Gasteiger partial charge in [0.25, 0.3) is 5.69 Å². The van der Waals surface area contributed by atoms with Crippen LogP contribution in [0.15, 0.2) is 48.5 Å². The minimum atomic E-state index is -4.07. The lowest BCUT2D eigenvalue weighted by Gasteiger charge is -2.32. The van der Waals surface area contributed by atoms with Crippen LogP contribution in [0.2, 0.25) is 0 Å². The second-order valence-corrected chi connectivity index (χ2v) is 11.3. The number of nitrogens with one attached hydrogen (secondary N) is 1. The fraction of sp³-hybridized carbons (Fsp3) is 0.462. The van der Waals surface area contributed by atoms with Crippen LogP contribution in [-0.2, 0) is 26.0 Å². The van der Waals surface area contributed by atoms with Crippen LogP contribution in [0.3, 0.4) is 0 Å². The van der Waals surface area contributed by atoms with Gasteiger partial charge in [-0.3, -0.25) is 24.0 Å². The summed E-state index contributed by atoms with van der Waals surface area (Å²) < 4.78 is 31.6. The molecule has 2 amide bonds. The summed E-state index contributed by atoms with van der Waals surface area (Å²) in [7, 11) is -2.77. The van der Waals surface area contributed by atoms with Crippen molar-refractivity contribution < 1.29 is 27.7 Å². The number of hydrogen-bond donors (Lipinski definition) is 1. The van der Waals surface area contributed by atoms with Crippen LogP contribution >= 0.6 is 0 Å². The Balaban J connectivity index is 1.91. The van der Waals surface area contributed by atoms with Crippen molar-refractivity contribution >= 4 is 33.2 Å². The van der Waals surface area contributed by atoms with Gasteiger partial charge in [-0.05, 0) is 37.8 Å². The number of benzene rings is 2. The second kappa shape index (κ2) is 12.7. The lowest BCUT2D eigenvalue weighted by molar-refractivity contribution is -0.384. The molecular formula is C26H34N4O7S. The number of nitrogens with zero attached hydrogens (tertiary/aromatic N) is 3. The van der Waals surface area contributed by atoms with Crippen molar-refractivity contribution in [3.63, 3.8) is 0 Å². The Kier molecular flexibility index (Phi) is 9.67. The average Bonchev–Trinajstić information content (AvgIpc) is 3.39. The largest absolute Gasteiger partial charge is 0.495 e. The number of rotatable bonds is 12. The minimum Gasteiger partial charge on any atom is -0.495 e. The molecular weight excluding hydrogens is 512 g/mol. The normalized spacial score (nSPS) is 14.5. The van der Waals surface area contributed by atoms with Crippen LogP contribution < -0.4 is 14.4 Å². The smallest absolute Gasteiger partial charge is 0.271 e. The molecule has 1 aliphatic carbocycles. The molecule has 0 radical (unpaired) electrons. The molecule has 0 saturated heterocycles. The molecule has 2 aromatic carbocycles. The zero-order valence-corrected chi connectivity index (χ0v) is 22.6. The van der Waals surface area contributed by atoms with Gasteiger partial charge in [0.1, 0.15) is 24.0 Å². The van der Waals surface area contributed by atoms with Crippen molar-refractivity contribution in [2.24, 2.45) is 0 Å². The first-order valence-corrected chi connectivity index (χ1v) is 14.3. The Labute approximate surface area is 223 Å². The molecule has 3 rings (SSSR count). The number of ether oxygens (including phenoxy) is 1. The Bertz CT molecular complexity index is 1250. The fourth-order valence-corrected chi connectivity index (χ4v) is 5.39. The number of nitro groups is 1. The summed E-state index contributed by atoms with van der Waals surface area (Å²) >= 11 is 0. The van der Waals surface area contributed by atoms with Crippen molar-refractivity contribution in [2.75, 3.05) is 30.8 Å². The third kappa shape index (κ3) is 7.44. The van der Waals surface area contributed by atoms with E-state index in [4.69, 9.17) is 4.74 Å². The lowest BCUT2D eigenvalue weighted by atomic mass is 10.1. The maximum absolute atomic E-state index is 13.7. The SMILES string of the molecule is COc1ccc([N+](=O)[O-])cc1N(CC(=O)N(CCc1ccccc1)[C@H](C)C(=O)NC1CCCC1)S(C)(=O)=O. The van der Waals surface area contributed by atoms with Crippen molar-refractivity contribution in [3.8, 4) is 5.75 Å². The molecule has 38 heavy (non-hydrogen) atoms. The Morgan fingerprint density at radius 3 is 2.39 bits per heavy atom. The van der Waals surface area contributed by atoms with Crippen LogP contribution in [0.5, 0.6) is 5.75 Å². The van der Waals surface area contributed by atoms with Crippen molar-refractivity contribution in [2.45, 2.75) is 51.1 Å². The highest BCUT2D eigenvalue weighted by molar-refractivity contribution is 7.92. The molecule has 2 aromatic rings. The highest BCUT2D eigenvalue weighted by Gasteiger charge is 2.32. The predicted octanol–water partition coefficient (Wildman–Crippen LogP) is 2.89. The summed E-state index contributed by atoms with van der Waals surface area (Å²) in [5.41, 5.74) is 0.463. The number of carbonyl (C=O) groups excluding carboxylic acids is 2. The molecule has 0 heterocycles. The molecule has 11 nitrogen and oxygen atoms in total. The summed E-state index contributed by atoms with van der Waals surface area (Å²) in [4.78, 5) is 38.8. The topological polar surface area (TPSA) is 139 Å². The summed E-state index contributed by atoms with van der Waals surface area (Å²) in [5, 5.41) is 14.4. The number of non-ortho nitro benzene ring substituents is 1. The lowest BCUT2D eigenvalue weighted by Crippen LogP contribution is -2.53. The molecule has 0 bridgehead atoms. The first kappa shape index (κ1) is 28.9. The number of carbonyl (C=O) groups is 2. The van der Waals surface area contributed by atoms with Gasteiger partial charge in [-0.1, -0.05) is 43.2 Å². The molecule has 1 saturated carbocycles. The van der Waals surface area contributed by atoms with E-state index in [-0.39, 0.29) is 35.6 Å². The van der Waals surface area contributed by atoms with E-state index >= 15 is 0 Å². The maximum atomic E-state index is 13.7. The molecule has 0 spiro atoms. The zero-order valence-electron chi connectivity index (χ0n) is 21.8. The first-order valence-electron chi connectivity index (χ1n) is 12.4. The summed E-state index contributed by atoms with van der Waals surface area (Å²) in [6, 6.07) is 12.1. The van der Waals surface area contributed by atoms with Gasteiger partial charge in [0, 0.05) is 24.7 Å². The van der Waals surface area contributed by atoms with E-state index in [2.05, 4.69) is 5.32 Å². The Morgan fingerprint density at radius 2 is 1.82 bits per heavy atom. The van der Waals surface area contributed by atoms with Crippen molar-refractivity contribution in [1.29, 1.82) is 0 Å². The molecule has 0 aliphatic heterocycles. The average molecular weight is 547 g/mol. The molecule has 1 aliphatic rings. The van der Waals surface area contributed by atoms with Crippen LogP contribution in [0.1, 0.15) is 38.2 Å². The standard InChI is InChI=1S/C26H34N4O7S/c1-19(26(32)27-21-11-7-8-12-21)28(16-15-20-9-5-4-6-10-20)25(31)18-29(38(3,35)36)23-17-22(30(33)34)13-14-24(23)37-2/h4-6,9-10,13-14,17,19,21H,7-8,11-12,15-16,18H2,1-3H3,(H,27,32)/t19-/m1/s1. The van der Waals surface area contributed by atoms with Crippen molar-refractivity contribution in [3.05, 3.63) is 64.2 Å². The van der Waals surface area contributed by atoms with Crippen LogP contribution in [0, 0.1) is 10.1 Å². The van der Waals surface area contributed by atoms with E-state index in [0.29, 0.717) is 6.42 Å². The predicted molar refractivity (Wildman–Crippen MR) is 144 cm³/mol. The van der Waals surface area contributed by atoms with E-state index < -0.39 is 33.4 Å². The molecule has 206 valence electrons. The highest BCUT2D eigenvalue weighted by atomic mass is 32.2. The van der Waals surface area contributed by atoms with Crippen LogP contribution in [0.25, 0.3) is 0 Å². The maximum Gasteiger partial charge on any atom is 0.271 e. The fourth-order valence-electron chi connectivity index (χ4n) is 4.54. The van der Waals surface area contributed by atoms with Gasteiger partial charge < -0.3 is 15.0 Å². The van der Waals surface area contributed by atoms with Gasteiger partial charge in [0.05, 0.1) is 18.3 Å². The van der Waals surface area contributed by atoms with Crippen LogP contribution in [-0.4, -0.2) is 68.6 Å². The monoisotopic (exact) mass is 546 g/mol. The van der Waals surface area contributed by atoms with Gasteiger partial charge in [-0.25, -0.2) is 8.42 Å². The summed E-state index contributed by atoms with van der Waals surface area (Å²) in [6.45, 7) is 1.13. The van der Waals surface area contributed by atoms with Crippen LogP contribution in [0.4, 0.5) is 11.4 Å². The van der Waals surface area contributed by atoms with Gasteiger partial charge in [0.2, 0.25) is 21.8 Å². The summed E-state index contributed by atoms with van der Waals surface area (Å²) in [6.07, 6.45) is 5.18. The molecule has 1 atom stereocenters. The second-order valence-electron chi connectivity index (χ2n) is 9.37. The summed E-state index contributed by atoms with van der Waals surface area (Å²) in [5.74, 6) is -0.872. The third-order valence-corrected chi connectivity index (χ3v) is 7.80. The Hall–Kier alpha value is -3.67. The van der Waals surface area contributed by atoms with Gasteiger partial charge in [0.15, 0.2) is 0 Å². The molecule has 0 aromatic heterocycles.